The molecule has 0 radical (unpaired) electrons. The lowest BCUT2D eigenvalue weighted by Gasteiger charge is -2.14. The molecule has 0 saturated carbocycles. The van der Waals surface area contributed by atoms with E-state index in [0.29, 0.717) is 39.1 Å². The van der Waals surface area contributed by atoms with Gasteiger partial charge in [0.05, 0.1) is 24.6 Å². The third-order valence-electron chi connectivity index (χ3n) is 4.31. The summed E-state index contributed by atoms with van der Waals surface area (Å²) in [4.78, 5) is 0. The summed E-state index contributed by atoms with van der Waals surface area (Å²) in [5, 5.41) is 16.7. The molecule has 7 nitrogen and oxygen atoms in total. The number of H-pyrrole nitrogens is 1. The Balaban J connectivity index is 2.08. The highest BCUT2D eigenvalue weighted by atomic mass is 35.5. The number of ether oxygens (including phenoxy) is 2. The van der Waals surface area contributed by atoms with E-state index in [9.17, 15) is 0 Å². The number of nitrogens with one attached hydrogen (secondary N) is 1. The Labute approximate surface area is 160 Å². The number of methoxy groups -OCH3 is 2. The molecular formula is C19H16ClN5O2. The number of nitrogen functional groups attached to an aromatic ring is 1. The molecule has 0 aliphatic heterocycles. The van der Waals surface area contributed by atoms with Gasteiger partial charge in [0.25, 0.3) is 0 Å². The summed E-state index contributed by atoms with van der Waals surface area (Å²) in [6, 6.07) is 13.0. The van der Waals surface area contributed by atoms with Crippen LogP contribution in [0, 0.1) is 0 Å². The summed E-state index contributed by atoms with van der Waals surface area (Å²) in [7, 11) is 3.18. The molecule has 0 spiro atoms. The molecule has 136 valence electrons. The highest BCUT2D eigenvalue weighted by Crippen LogP contribution is 2.42. The highest BCUT2D eigenvalue weighted by molar-refractivity contribution is 6.33. The minimum Gasteiger partial charge on any atom is -0.493 e. The van der Waals surface area contributed by atoms with Crippen LogP contribution in [0.15, 0.2) is 42.5 Å². The molecule has 0 saturated heterocycles. The van der Waals surface area contributed by atoms with Crippen molar-refractivity contribution in [2.45, 2.75) is 0 Å². The molecule has 2 heterocycles. The molecule has 0 atom stereocenters. The van der Waals surface area contributed by atoms with Gasteiger partial charge < -0.3 is 15.2 Å². The summed E-state index contributed by atoms with van der Waals surface area (Å²) in [6.07, 6.45) is 0. The van der Waals surface area contributed by atoms with Gasteiger partial charge in [-0.15, -0.1) is 10.2 Å². The van der Waals surface area contributed by atoms with Crippen molar-refractivity contribution in [1.82, 2.24) is 20.4 Å². The second-order valence-electron chi connectivity index (χ2n) is 5.81. The summed E-state index contributed by atoms with van der Waals surface area (Å²) >= 11 is 6.42. The fourth-order valence-electron chi connectivity index (χ4n) is 3.04. The maximum absolute atomic E-state index is 6.42. The topological polar surface area (TPSA) is 98.9 Å². The fraction of sp³-hybridized carbons (Fsp3) is 0.105. The van der Waals surface area contributed by atoms with Crippen LogP contribution in [0.2, 0.25) is 5.02 Å². The number of halogens is 1. The van der Waals surface area contributed by atoms with E-state index in [2.05, 4.69) is 20.4 Å². The third kappa shape index (κ3) is 2.82. The number of nitrogens with zero attached hydrogens (tertiary/aromatic N) is 3. The summed E-state index contributed by atoms with van der Waals surface area (Å²) in [5.74, 6) is 1.61. The zero-order valence-electron chi connectivity index (χ0n) is 14.7. The molecule has 4 rings (SSSR count). The minimum absolute atomic E-state index is 0.401. The standard InChI is InChI=1S/C19H16ClN5O2/c1-26-13-8-7-10(9-14(13)27-2)15-16-18(21)23-25-19(16)24-22-17(15)11-5-3-4-6-12(11)20/h3-9H,1-2H3,(H3,21,23,24,25). The molecular weight excluding hydrogens is 366 g/mol. The van der Waals surface area contributed by atoms with Gasteiger partial charge in [0.1, 0.15) is 11.5 Å². The van der Waals surface area contributed by atoms with E-state index in [4.69, 9.17) is 26.8 Å². The lowest BCUT2D eigenvalue weighted by atomic mass is 9.96. The van der Waals surface area contributed by atoms with Crippen molar-refractivity contribution in [1.29, 1.82) is 0 Å². The average Bonchev–Trinajstić information content (AvgIpc) is 3.08. The van der Waals surface area contributed by atoms with Crippen LogP contribution in [0.4, 0.5) is 5.82 Å². The number of rotatable bonds is 4. The molecule has 2 aromatic carbocycles. The van der Waals surface area contributed by atoms with Crippen LogP contribution in [0.1, 0.15) is 0 Å². The number of hydrogen-bond acceptors (Lipinski definition) is 6. The number of nitrogens with two attached hydrogens (primary N) is 1. The predicted molar refractivity (Wildman–Crippen MR) is 105 cm³/mol. The Kier molecular flexibility index (Phi) is 4.29. The first-order valence-corrected chi connectivity index (χ1v) is 8.49. The van der Waals surface area contributed by atoms with Crippen LogP contribution in [-0.2, 0) is 0 Å². The van der Waals surface area contributed by atoms with Gasteiger partial charge >= 0.3 is 0 Å². The Morgan fingerprint density at radius 1 is 1.00 bits per heavy atom. The van der Waals surface area contributed by atoms with Crippen LogP contribution in [0.5, 0.6) is 11.5 Å². The number of aromatic nitrogens is 4. The summed E-state index contributed by atoms with van der Waals surface area (Å²) in [5.41, 5.74) is 9.52. The van der Waals surface area contributed by atoms with E-state index in [1.165, 1.54) is 0 Å². The van der Waals surface area contributed by atoms with Gasteiger partial charge in [-0.2, -0.15) is 5.10 Å². The summed E-state index contributed by atoms with van der Waals surface area (Å²) in [6.45, 7) is 0. The van der Waals surface area contributed by atoms with Gasteiger partial charge in [0.15, 0.2) is 11.5 Å². The SMILES string of the molecule is COc1ccc(-c2c(-c3ccccc3Cl)nnc3n[nH]c(N)c23)cc1OC. The quantitative estimate of drug-likeness (QED) is 0.555. The molecule has 8 heteroatoms. The van der Waals surface area contributed by atoms with Crippen LogP contribution in [0.3, 0.4) is 0 Å². The minimum atomic E-state index is 0.401. The van der Waals surface area contributed by atoms with Crippen LogP contribution >= 0.6 is 11.6 Å². The van der Waals surface area contributed by atoms with Crippen LogP contribution in [0.25, 0.3) is 33.4 Å². The average molecular weight is 382 g/mol. The van der Waals surface area contributed by atoms with E-state index >= 15 is 0 Å². The molecule has 3 N–H and O–H groups in total. The first-order valence-electron chi connectivity index (χ1n) is 8.11. The molecule has 0 aliphatic rings. The van der Waals surface area contributed by atoms with E-state index < -0.39 is 0 Å². The maximum atomic E-state index is 6.42. The van der Waals surface area contributed by atoms with Crippen molar-refractivity contribution in [2.24, 2.45) is 0 Å². The predicted octanol–water partition coefficient (Wildman–Crippen LogP) is 3.94. The van der Waals surface area contributed by atoms with E-state index in [-0.39, 0.29) is 0 Å². The fourth-order valence-corrected chi connectivity index (χ4v) is 3.27. The van der Waals surface area contributed by atoms with Crippen molar-refractivity contribution < 1.29 is 9.47 Å². The maximum Gasteiger partial charge on any atom is 0.205 e. The van der Waals surface area contributed by atoms with E-state index in [1.807, 2.05) is 36.4 Å². The van der Waals surface area contributed by atoms with Gasteiger partial charge in [0, 0.05) is 11.1 Å². The van der Waals surface area contributed by atoms with Gasteiger partial charge in [-0.05, 0) is 23.8 Å². The van der Waals surface area contributed by atoms with Crippen molar-refractivity contribution in [3.8, 4) is 33.9 Å². The normalized spacial score (nSPS) is 10.9. The molecule has 0 amide bonds. The van der Waals surface area contributed by atoms with Crippen molar-refractivity contribution in [3.63, 3.8) is 0 Å². The number of hydrogen-bond donors (Lipinski definition) is 2. The van der Waals surface area contributed by atoms with E-state index in [1.54, 1.807) is 20.3 Å². The molecule has 4 aromatic rings. The molecule has 0 unspecified atom stereocenters. The lowest BCUT2D eigenvalue weighted by Crippen LogP contribution is -1.97. The van der Waals surface area contributed by atoms with Crippen molar-refractivity contribution >= 4 is 28.5 Å². The number of anilines is 1. The number of fused-ring (bicyclic) bond motifs is 1. The zero-order valence-corrected chi connectivity index (χ0v) is 15.4. The van der Waals surface area contributed by atoms with Crippen molar-refractivity contribution in [2.75, 3.05) is 20.0 Å². The monoisotopic (exact) mass is 381 g/mol. The molecule has 0 aliphatic carbocycles. The Bertz CT molecular complexity index is 1140. The second kappa shape index (κ2) is 6.77. The van der Waals surface area contributed by atoms with E-state index in [0.717, 1.165) is 16.7 Å². The largest absolute Gasteiger partial charge is 0.493 e. The Morgan fingerprint density at radius 2 is 1.78 bits per heavy atom. The molecule has 2 aromatic heterocycles. The smallest absolute Gasteiger partial charge is 0.205 e. The Hall–Kier alpha value is -3.32. The highest BCUT2D eigenvalue weighted by Gasteiger charge is 2.21. The first-order chi connectivity index (χ1) is 13.1. The lowest BCUT2D eigenvalue weighted by molar-refractivity contribution is 0.355. The third-order valence-corrected chi connectivity index (χ3v) is 4.64. The zero-order chi connectivity index (χ0) is 19.0. The van der Waals surface area contributed by atoms with Gasteiger partial charge in [-0.1, -0.05) is 35.9 Å². The van der Waals surface area contributed by atoms with Crippen LogP contribution < -0.4 is 15.2 Å². The van der Waals surface area contributed by atoms with Gasteiger partial charge in [-0.3, -0.25) is 5.10 Å². The summed E-state index contributed by atoms with van der Waals surface area (Å²) < 4.78 is 10.8. The number of benzene rings is 2. The molecule has 27 heavy (non-hydrogen) atoms. The second-order valence-corrected chi connectivity index (χ2v) is 6.22. The number of aromatic amines is 1. The van der Waals surface area contributed by atoms with Crippen molar-refractivity contribution in [3.05, 3.63) is 47.5 Å². The van der Waals surface area contributed by atoms with Gasteiger partial charge in [-0.25, -0.2) is 0 Å². The van der Waals surface area contributed by atoms with Crippen LogP contribution in [-0.4, -0.2) is 34.6 Å². The molecule has 0 fully saturated rings. The Morgan fingerprint density at radius 3 is 2.52 bits per heavy atom. The first kappa shape index (κ1) is 17.1. The molecule has 0 bridgehead atoms. The van der Waals surface area contributed by atoms with Gasteiger partial charge in [0.2, 0.25) is 5.65 Å².